The van der Waals surface area contributed by atoms with Crippen LogP contribution in [0, 0.1) is 6.92 Å². The van der Waals surface area contributed by atoms with E-state index in [1.54, 1.807) is 24.5 Å². The largest absolute Gasteiger partial charge is 0.478 e. The van der Waals surface area contributed by atoms with E-state index >= 15 is 0 Å². The molecule has 0 spiro atoms. The Kier molecular flexibility index (Phi) is 3.14. The molecule has 1 aromatic carbocycles. The number of carboxylic acid groups (broad SMARTS) is 1. The van der Waals surface area contributed by atoms with Gasteiger partial charge in [-0.1, -0.05) is 11.6 Å². The van der Waals surface area contributed by atoms with Crippen LogP contribution in [0.5, 0.6) is 0 Å². The zero-order valence-electron chi connectivity index (χ0n) is 9.43. The van der Waals surface area contributed by atoms with Crippen molar-refractivity contribution in [2.45, 2.75) is 13.5 Å². The molecule has 0 saturated carbocycles. The fourth-order valence-electron chi connectivity index (χ4n) is 1.58. The van der Waals surface area contributed by atoms with Crippen molar-refractivity contribution in [2.24, 2.45) is 0 Å². The highest BCUT2D eigenvalue weighted by molar-refractivity contribution is 5.94. The van der Waals surface area contributed by atoms with Gasteiger partial charge in [-0.2, -0.15) is 0 Å². The number of hydrogen-bond acceptors (Lipinski definition) is 3. The van der Waals surface area contributed by atoms with Gasteiger partial charge >= 0.3 is 5.97 Å². The summed E-state index contributed by atoms with van der Waals surface area (Å²) in [5.74, 6) is -0.169. The van der Waals surface area contributed by atoms with E-state index < -0.39 is 5.97 Å². The van der Waals surface area contributed by atoms with Crippen molar-refractivity contribution in [1.82, 2.24) is 0 Å². The van der Waals surface area contributed by atoms with Gasteiger partial charge in [0.05, 0.1) is 18.4 Å². The molecule has 2 aromatic rings. The Balaban J connectivity index is 2.17. The third-order valence-corrected chi connectivity index (χ3v) is 2.44. The van der Waals surface area contributed by atoms with Crippen LogP contribution < -0.4 is 5.32 Å². The van der Waals surface area contributed by atoms with Crippen molar-refractivity contribution in [3.63, 3.8) is 0 Å². The lowest BCUT2D eigenvalue weighted by molar-refractivity contribution is 0.0698. The molecule has 1 aromatic heterocycles. The van der Waals surface area contributed by atoms with Crippen molar-refractivity contribution in [3.05, 3.63) is 53.5 Å². The van der Waals surface area contributed by atoms with Crippen molar-refractivity contribution in [3.8, 4) is 0 Å². The maximum atomic E-state index is 11.1. The highest BCUT2D eigenvalue weighted by atomic mass is 16.4. The monoisotopic (exact) mass is 231 g/mol. The maximum absolute atomic E-state index is 11.1. The minimum absolute atomic E-state index is 0.275. The summed E-state index contributed by atoms with van der Waals surface area (Å²) >= 11 is 0. The van der Waals surface area contributed by atoms with Crippen LogP contribution in [0.3, 0.4) is 0 Å². The molecule has 4 heteroatoms. The molecule has 17 heavy (non-hydrogen) atoms. The maximum Gasteiger partial charge on any atom is 0.337 e. The molecule has 0 unspecified atom stereocenters. The molecule has 0 aliphatic heterocycles. The Hall–Kier alpha value is -2.23. The fraction of sp³-hybridized carbons (Fsp3) is 0.154. The number of rotatable bonds is 4. The summed E-state index contributed by atoms with van der Waals surface area (Å²) in [5.41, 5.74) is 1.79. The smallest absolute Gasteiger partial charge is 0.337 e. The van der Waals surface area contributed by atoms with Crippen LogP contribution in [0.2, 0.25) is 0 Å². The van der Waals surface area contributed by atoms with Gasteiger partial charge in [-0.3, -0.25) is 0 Å². The average molecular weight is 231 g/mol. The van der Waals surface area contributed by atoms with Gasteiger partial charge in [0.1, 0.15) is 5.76 Å². The molecule has 0 aliphatic rings. The van der Waals surface area contributed by atoms with E-state index in [4.69, 9.17) is 9.52 Å². The molecule has 1 heterocycles. The summed E-state index contributed by atoms with van der Waals surface area (Å²) in [4.78, 5) is 11.1. The van der Waals surface area contributed by atoms with Gasteiger partial charge in [-0.15, -0.1) is 0 Å². The Morgan fingerprint density at radius 1 is 1.41 bits per heavy atom. The Bertz CT molecular complexity index is 517. The second kappa shape index (κ2) is 4.74. The molecule has 2 N–H and O–H groups in total. The van der Waals surface area contributed by atoms with Crippen molar-refractivity contribution in [1.29, 1.82) is 0 Å². The number of carbonyl (C=O) groups is 1. The number of carboxylic acids is 1. The lowest BCUT2D eigenvalue weighted by Crippen LogP contribution is -2.06. The van der Waals surface area contributed by atoms with Gasteiger partial charge in [0.15, 0.2) is 0 Å². The molecular weight excluding hydrogens is 218 g/mol. The normalized spacial score (nSPS) is 10.2. The number of hydrogen-bond donors (Lipinski definition) is 2. The topological polar surface area (TPSA) is 62.5 Å². The molecule has 4 nitrogen and oxygen atoms in total. The summed E-state index contributed by atoms with van der Waals surface area (Å²) in [5, 5.41) is 12.1. The Labute approximate surface area is 98.9 Å². The lowest BCUT2D eigenvalue weighted by Gasteiger charge is -2.08. The quantitative estimate of drug-likeness (QED) is 0.849. The zero-order chi connectivity index (χ0) is 12.3. The van der Waals surface area contributed by atoms with Gasteiger partial charge < -0.3 is 14.8 Å². The summed E-state index contributed by atoms with van der Waals surface area (Å²) in [6.45, 7) is 2.33. The number of anilines is 1. The van der Waals surface area contributed by atoms with Gasteiger partial charge in [0.2, 0.25) is 0 Å². The van der Waals surface area contributed by atoms with Crippen molar-refractivity contribution < 1.29 is 14.3 Å². The van der Waals surface area contributed by atoms with Gasteiger partial charge in [0, 0.05) is 5.69 Å². The van der Waals surface area contributed by atoms with Crippen LogP contribution in [0.4, 0.5) is 5.69 Å². The minimum Gasteiger partial charge on any atom is -0.478 e. The van der Waals surface area contributed by atoms with Gasteiger partial charge in [-0.05, 0) is 31.2 Å². The third kappa shape index (κ3) is 2.66. The molecule has 0 amide bonds. The van der Waals surface area contributed by atoms with E-state index in [1.165, 1.54) is 0 Å². The van der Waals surface area contributed by atoms with Crippen LogP contribution in [-0.4, -0.2) is 11.1 Å². The number of aryl methyl sites for hydroxylation is 1. The molecule has 0 radical (unpaired) electrons. The van der Waals surface area contributed by atoms with E-state index in [0.29, 0.717) is 12.2 Å². The van der Waals surface area contributed by atoms with E-state index in [-0.39, 0.29) is 5.56 Å². The summed E-state index contributed by atoms with van der Waals surface area (Å²) < 4.78 is 5.17. The predicted octanol–water partition coefficient (Wildman–Crippen LogP) is 2.90. The third-order valence-electron chi connectivity index (χ3n) is 2.44. The van der Waals surface area contributed by atoms with E-state index in [9.17, 15) is 4.79 Å². The van der Waals surface area contributed by atoms with E-state index in [0.717, 1.165) is 11.3 Å². The molecular formula is C13H13NO3. The first-order valence-corrected chi connectivity index (χ1v) is 5.27. The number of furan rings is 1. The SMILES string of the molecule is Cc1ccc(NCc2ccco2)c(C(=O)O)c1. The molecule has 0 saturated heterocycles. The molecule has 0 aliphatic carbocycles. The zero-order valence-corrected chi connectivity index (χ0v) is 9.43. The van der Waals surface area contributed by atoms with Crippen LogP contribution in [0.15, 0.2) is 41.0 Å². The van der Waals surface area contributed by atoms with Gasteiger partial charge in [-0.25, -0.2) is 4.79 Å². The second-order valence-electron chi connectivity index (χ2n) is 3.79. The number of nitrogens with one attached hydrogen (secondary N) is 1. The van der Waals surface area contributed by atoms with Crippen molar-refractivity contribution in [2.75, 3.05) is 5.32 Å². The first-order chi connectivity index (χ1) is 8.16. The second-order valence-corrected chi connectivity index (χ2v) is 3.79. The summed E-state index contributed by atoms with van der Waals surface area (Å²) in [6.07, 6.45) is 1.59. The van der Waals surface area contributed by atoms with Crippen LogP contribution in [0.25, 0.3) is 0 Å². The molecule has 0 bridgehead atoms. The molecule has 0 atom stereocenters. The van der Waals surface area contributed by atoms with Crippen LogP contribution >= 0.6 is 0 Å². The average Bonchev–Trinajstić information content (AvgIpc) is 2.80. The van der Waals surface area contributed by atoms with Crippen LogP contribution in [0.1, 0.15) is 21.7 Å². The Morgan fingerprint density at radius 3 is 2.88 bits per heavy atom. The van der Waals surface area contributed by atoms with E-state index in [1.807, 2.05) is 19.1 Å². The first-order valence-electron chi connectivity index (χ1n) is 5.27. The minimum atomic E-state index is -0.935. The summed E-state index contributed by atoms with van der Waals surface area (Å²) in [7, 11) is 0. The predicted molar refractivity (Wildman–Crippen MR) is 64.2 cm³/mol. The molecule has 88 valence electrons. The highest BCUT2D eigenvalue weighted by Crippen LogP contribution is 2.18. The van der Waals surface area contributed by atoms with Crippen LogP contribution in [-0.2, 0) is 6.54 Å². The standard InChI is InChI=1S/C13H13NO3/c1-9-4-5-12(11(7-9)13(15)16)14-8-10-3-2-6-17-10/h2-7,14H,8H2,1H3,(H,15,16). The highest BCUT2D eigenvalue weighted by Gasteiger charge is 2.10. The van der Waals surface area contributed by atoms with E-state index in [2.05, 4.69) is 5.32 Å². The Morgan fingerprint density at radius 2 is 2.24 bits per heavy atom. The van der Waals surface area contributed by atoms with Crippen molar-refractivity contribution >= 4 is 11.7 Å². The van der Waals surface area contributed by atoms with Gasteiger partial charge in [0.25, 0.3) is 0 Å². The lowest BCUT2D eigenvalue weighted by atomic mass is 10.1. The first kappa shape index (κ1) is 11.3. The molecule has 0 fully saturated rings. The number of benzene rings is 1. The fourth-order valence-corrected chi connectivity index (χ4v) is 1.58. The molecule has 2 rings (SSSR count). The number of aromatic carboxylic acids is 1. The summed E-state index contributed by atoms with van der Waals surface area (Å²) in [6, 6.07) is 8.91.